The van der Waals surface area contributed by atoms with Crippen molar-refractivity contribution in [3.63, 3.8) is 0 Å². The third kappa shape index (κ3) is 5.08. The minimum absolute atomic E-state index is 0.0524. The van der Waals surface area contributed by atoms with Gasteiger partial charge in [-0.15, -0.1) is 0 Å². The highest BCUT2D eigenvalue weighted by Crippen LogP contribution is 2.35. The molecule has 1 fully saturated rings. The van der Waals surface area contributed by atoms with Gasteiger partial charge in [-0.3, -0.25) is 19.5 Å². The average molecular weight is 628 g/mol. The number of carbonyl (C=O) groups is 1. The molecule has 12 heteroatoms. The summed E-state index contributed by atoms with van der Waals surface area (Å²) >= 11 is 4.69. The number of nitro benzene ring substituents is 1. The van der Waals surface area contributed by atoms with Gasteiger partial charge in [0.25, 0.3) is 11.2 Å². The smallest absolute Gasteiger partial charge is 0.338 e. The van der Waals surface area contributed by atoms with Crippen LogP contribution in [0.25, 0.3) is 6.08 Å². The predicted octanol–water partition coefficient (Wildman–Crippen LogP) is 4.08. The first-order valence-electron chi connectivity index (χ1n) is 12.8. The minimum atomic E-state index is -0.789. The summed E-state index contributed by atoms with van der Waals surface area (Å²) in [6.45, 7) is 5.30. The number of esters is 1. The van der Waals surface area contributed by atoms with Crippen molar-refractivity contribution in [1.29, 1.82) is 0 Å². The van der Waals surface area contributed by atoms with Crippen LogP contribution in [0.5, 0.6) is 5.75 Å². The second-order valence-corrected chi connectivity index (χ2v) is 11.3. The van der Waals surface area contributed by atoms with Crippen LogP contribution in [0.15, 0.2) is 61.9 Å². The van der Waals surface area contributed by atoms with Crippen LogP contribution in [0.4, 0.5) is 11.4 Å². The van der Waals surface area contributed by atoms with E-state index in [9.17, 15) is 19.7 Å². The molecule has 2 aliphatic rings. The Balaban J connectivity index is 1.73. The number of thiazole rings is 1. The zero-order valence-electron chi connectivity index (χ0n) is 22.2. The number of carbonyl (C=O) groups excluding carboxylic acids is 1. The van der Waals surface area contributed by atoms with Crippen LogP contribution in [-0.2, 0) is 9.53 Å². The van der Waals surface area contributed by atoms with Crippen LogP contribution in [0.3, 0.4) is 0 Å². The van der Waals surface area contributed by atoms with Gasteiger partial charge in [-0.2, -0.15) is 0 Å². The van der Waals surface area contributed by atoms with Gasteiger partial charge in [-0.1, -0.05) is 17.4 Å². The van der Waals surface area contributed by atoms with E-state index >= 15 is 0 Å². The van der Waals surface area contributed by atoms with E-state index in [1.807, 2.05) is 6.07 Å². The molecule has 0 bridgehead atoms. The van der Waals surface area contributed by atoms with Gasteiger partial charge in [-0.05, 0) is 72.5 Å². The summed E-state index contributed by atoms with van der Waals surface area (Å²) in [6.07, 6.45) is 3.76. The zero-order valence-corrected chi connectivity index (χ0v) is 24.6. The number of aromatic nitrogens is 1. The van der Waals surface area contributed by atoms with Gasteiger partial charge in [0.1, 0.15) is 5.75 Å². The summed E-state index contributed by atoms with van der Waals surface area (Å²) < 4.78 is 13.3. The van der Waals surface area contributed by atoms with E-state index in [0.717, 1.165) is 31.6 Å². The molecule has 0 spiro atoms. The van der Waals surface area contributed by atoms with Crippen LogP contribution >= 0.6 is 27.3 Å². The molecule has 3 aromatic rings. The lowest BCUT2D eigenvalue weighted by Gasteiger charge is -2.25. The third-order valence-electron chi connectivity index (χ3n) is 6.96. The van der Waals surface area contributed by atoms with Crippen molar-refractivity contribution in [2.24, 2.45) is 4.99 Å². The van der Waals surface area contributed by atoms with E-state index in [0.29, 0.717) is 36.4 Å². The molecule has 0 saturated carbocycles. The lowest BCUT2D eigenvalue weighted by molar-refractivity contribution is -0.384. The molecule has 10 nitrogen and oxygen atoms in total. The van der Waals surface area contributed by atoms with Crippen LogP contribution in [0, 0.1) is 10.1 Å². The fourth-order valence-electron chi connectivity index (χ4n) is 5.12. The summed E-state index contributed by atoms with van der Waals surface area (Å²) in [5.41, 5.74) is 2.42. The molecule has 208 valence electrons. The number of hydrogen-bond acceptors (Lipinski definition) is 9. The van der Waals surface area contributed by atoms with Gasteiger partial charge in [0.2, 0.25) is 0 Å². The largest absolute Gasteiger partial charge is 0.496 e. The minimum Gasteiger partial charge on any atom is -0.496 e. The molecule has 5 rings (SSSR count). The Kier molecular flexibility index (Phi) is 7.90. The fraction of sp³-hybridized carbons (Fsp3) is 0.321. The summed E-state index contributed by atoms with van der Waals surface area (Å²) in [6, 6.07) is 9.32. The quantitative estimate of drug-likeness (QED) is 0.220. The molecule has 40 heavy (non-hydrogen) atoms. The SMILES string of the molecule is CCOC(=O)C1=C(C)N=c2s/c(=C\c3cc([N+](=O)[O-])ccc3N3CCCC3)c(=O)n2[C@@H]1c1ccc(OC)c(Br)c1. The van der Waals surface area contributed by atoms with Crippen molar-refractivity contribution in [3.05, 3.63) is 93.1 Å². The molecule has 0 radical (unpaired) electrons. The van der Waals surface area contributed by atoms with Gasteiger partial charge < -0.3 is 14.4 Å². The van der Waals surface area contributed by atoms with Crippen molar-refractivity contribution in [2.75, 3.05) is 31.7 Å². The Morgan fingerprint density at radius 2 is 2.00 bits per heavy atom. The molecule has 0 amide bonds. The number of nitrogens with zero attached hydrogens (tertiary/aromatic N) is 4. The molecule has 0 N–H and O–H groups in total. The number of hydrogen-bond donors (Lipinski definition) is 0. The standard InChI is InChI=1S/C28H27BrN4O6S/c1-4-39-27(35)24-16(2)30-28-32(25(24)17-7-10-22(38-3)20(29)14-17)26(34)23(40-28)15-18-13-19(33(36)37)8-9-21(18)31-11-5-6-12-31/h7-10,13-15,25H,4-6,11-12H2,1-3H3/b23-15-/t25-/m1/s1. The van der Waals surface area contributed by atoms with Crippen molar-refractivity contribution in [1.82, 2.24) is 4.57 Å². The lowest BCUT2D eigenvalue weighted by atomic mass is 9.96. The maximum Gasteiger partial charge on any atom is 0.338 e. The lowest BCUT2D eigenvalue weighted by Crippen LogP contribution is -2.40. The predicted molar refractivity (Wildman–Crippen MR) is 156 cm³/mol. The first kappa shape index (κ1) is 27.8. The maximum atomic E-state index is 14.0. The summed E-state index contributed by atoms with van der Waals surface area (Å²) in [5, 5.41) is 11.6. The molecule has 2 aliphatic heterocycles. The maximum absolute atomic E-state index is 14.0. The highest BCUT2D eigenvalue weighted by atomic mass is 79.9. The van der Waals surface area contributed by atoms with Gasteiger partial charge in [0, 0.05) is 36.5 Å². The van der Waals surface area contributed by atoms with Crippen LogP contribution in [0.2, 0.25) is 0 Å². The first-order valence-corrected chi connectivity index (χ1v) is 14.4. The van der Waals surface area contributed by atoms with Crippen molar-refractivity contribution in [2.45, 2.75) is 32.7 Å². The van der Waals surface area contributed by atoms with Gasteiger partial charge in [0.05, 0.1) is 45.0 Å². The number of non-ortho nitro benzene ring substituents is 1. The number of ether oxygens (including phenoxy) is 2. The van der Waals surface area contributed by atoms with E-state index in [1.165, 1.54) is 28.0 Å². The monoisotopic (exact) mass is 626 g/mol. The number of rotatable bonds is 7. The molecule has 1 atom stereocenters. The van der Waals surface area contributed by atoms with Gasteiger partial charge in [-0.25, -0.2) is 9.79 Å². The fourth-order valence-corrected chi connectivity index (χ4v) is 6.71. The number of methoxy groups -OCH3 is 1. The highest BCUT2D eigenvalue weighted by molar-refractivity contribution is 9.10. The average Bonchev–Trinajstić information content (AvgIpc) is 3.56. The Morgan fingerprint density at radius 1 is 1.25 bits per heavy atom. The Hall–Kier alpha value is -3.77. The molecule has 2 aromatic carbocycles. The Morgan fingerprint density at radius 3 is 2.65 bits per heavy atom. The second kappa shape index (κ2) is 11.4. The van der Waals surface area contributed by atoms with Crippen LogP contribution < -0.4 is 24.5 Å². The second-order valence-electron chi connectivity index (χ2n) is 9.39. The zero-order chi connectivity index (χ0) is 28.6. The molecule has 1 aromatic heterocycles. The topological polar surface area (TPSA) is 116 Å². The molecule has 3 heterocycles. The highest BCUT2D eigenvalue weighted by Gasteiger charge is 2.34. The van der Waals surface area contributed by atoms with Gasteiger partial charge >= 0.3 is 5.97 Å². The molecule has 0 aliphatic carbocycles. The number of benzene rings is 2. The summed E-state index contributed by atoms with van der Waals surface area (Å²) in [7, 11) is 1.56. The van der Waals surface area contributed by atoms with E-state index in [4.69, 9.17) is 9.47 Å². The van der Waals surface area contributed by atoms with Gasteiger partial charge in [0.15, 0.2) is 4.80 Å². The number of nitro groups is 1. The number of halogens is 1. The normalized spacial score (nSPS) is 17.1. The van der Waals surface area contributed by atoms with Crippen molar-refractivity contribution >= 4 is 50.7 Å². The van der Waals surface area contributed by atoms with E-state index < -0.39 is 16.9 Å². The molecule has 1 saturated heterocycles. The van der Waals surface area contributed by atoms with Crippen LogP contribution in [-0.4, -0.2) is 42.3 Å². The molecule has 0 unspecified atom stereocenters. The number of allylic oxidation sites excluding steroid dienone is 1. The first-order chi connectivity index (χ1) is 19.2. The molecular weight excluding hydrogens is 600 g/mol. The number of fused-ring (bicyclic) bond motifs is 1. The third-order valence-corrected chi connectivity index (χ3v) is 8.57. The number of anilines is 1. The van der Waals surface area contributed by atoms with Crippen molar-refractivity contribution < 1.29 is 19.2 Å². The van der Waals surface area contributed by atoms with Crippen molar-refractivity contribution in [3.8, 4) is 5.75 Å². The van der Waals surface area contributed by atoms with Crippen LogP contribution in [0.1, 0.15) is 43.9 Å². The summed E-state index contributed by atoms with van der Waals surface area (Å²) in [5.74, 6) is 0.0552. The van der Waals surface area contributed by atoms with E-state index in [-0.39, 0.29) is 23.4 Å². The summed E-state index contributed by atoms with van der Waals surface area (Å²) in [4.78, 5) is 45.5. The van der Waals surface area contributed by atoms with E-state index in [1.54, 1.807) is 45.2 Å². The molecular formula is C28H27BrN4O6S. The Bertz CT molecular complexity index is 1720. The Labute approximate surface area is 242 Å². The van der Waals surface area contributed by atoms with E-state index in [2.05, 4.69) is 25.8 Å².